The minimum atomic E-state index is -1.03. The lowest BCUT2D eigenvalue weighted by Gasteiger charge is -2.28. The van der Waals surface area contributed by atoms with Crippen molar-refractivity contribution in [2.45, 2.75) is 31.7 Å². The molecule has 1 aliphatic rings. The summed E-state index contributed by atoms with van der Waals surface area (Å²) in [6.45, 7) is 0.165. The molecule has 6 heteroatoms. The van der Waals surface area contributed by atoms with Gasteiger partial charge in [-0.05, 0) is 31.0 Å². The maximum atomic E-state index is 13.2. The van der Waals surface area contributed by atoms with Crippen LogP contribution in [0.2, 0.25) is 0 Å². The average Bonchev–Trinajstić information content (AvgIpc) is 2.92. The largest absolute Gasteiger partial charge is 0.392 e. The molecule has 1 fully saturated rings. The van der Waals surface area contributed by atoms with Gasteiger partial charge in [-0.25, -0.2) is 8.78 Å². The predicted octanol–water partition coefficient (Wildman–Crippen LogP) is 2.64. The number of hydrogen-bond donors (Lipinski definition) is 1. The Morgan fingerprint density at radius 1 is 1.30 bits per heavy atom. The van der Waals surface area contributed by atoms with E-state index >= 15 is 0 Å². The van der Waals surface area contributed by atoms with E-state index in [2.05, 4.69) is 0 Å². The van der Waals surface area contributed by atoms with Gasteiger partial charge in [0.25, 0.3) is 5.91 Å². The Bertz CT molecular complexity index is 530. The van der Waals surface area contributed by atoms with Gasteiger partial charge in [-0.2, -0.15) is 0 Å². The number of benzene rings is 1. The Morgan fingerprint density at radius 2 is 1.95 bits per heavy atom. The molecule has 2 N–H and O–H groups in total. The van der Waals surface area contributed by atoms with E-state index in [0.29, 0.717) is 0 Å². The van der Waals surface area contributed by atoms with Crippen LogP contribution in [0.25, 0.3) is 0 Å². The molecule has 1 aliphatic carbocycles. The monoisotopic (exact) mass is 298 g/mol. The smallest absolute Gasteiger partial charge is 0.254 e. The lowest BCUT2D eigenvalue weighted by atomic mass is 10.1. The van der Waals surface area contributed by atoms with Crippen LogP contribution in [0, 0.1) is 11.6 Å². The van der Waals surface area contributed by atoms with Crippen LogP contribution < -0.4 is 5.73 Å². The minimum absolute atomic E-state index is 0.0668. The van der Waals surface area contributed by atoms with Crippen molar-refractivity contribution in [1.82, 2.24) is 4.90 Å². The zero-order valence-electron chi connectivity index (χ0n) is 10.9. The molecule has 2 rings (SSSR count). The first-order chi connectivity index (χ1) is 9.49. The highest BCUT2D eigenvalue weighted by atomic mass is 32.1. The topological polar surface area (TPSA) is 46.3 Å². The number of hydrogen-bond acceptors (Lipinski definition) is 2. The lowest BCUT2D eigenvalue weighted by molar-refractivity contribution is 0.0714. The second kappa shape index (κ2) is 6.26. The molecule has 0 radical (unpaired) electrons. The molecule has 0 bridgehead atoms. The lowest BCUT2D eigenvalue weighted by Crippen LogP contribution is -2.43. The molecule has 1 amide bonds. The summed E-state index contributed by atoms with van der Waals surface area (Å²) in [5.41, 5.74) is 5.65. The third-order valence-corrected chi connectivity index (χ3v) is 3.65. The summed E-state index contributed by atoms with van der Waals surface area (Å²) in [5, 5.41) is 0. The van der Waals surface area contributed by atoms with E-state index in [4.69, 9.17) is 18.0 Å². The van der Waals surface area contributed by atoms with Crippen molar-refractivity contribution >= 4 is 23.1 Å². The number of nitrogens with two attached hydrogens (primary N) is 1. The predicted molar refractivity (Wildman–Crippen MR) is 76.4 cm³/mol. The van der Waals surface area contributed by atoms with Gasteiger partial charge < -0.3 is 10.6 Å². The summed E-state index contributed by atoms with van der Waals surface area (Å²) in [7, 11) is 0. The molecular formula is C14H16F2N2OS. The summed E-state index contributed by atoms with van der Waals surface area (Å²) >= 11 is 4.87. The minimum Gasteiger partial charge on any atom is -0.392 e. The normalized spacial score (nSPS) is 15.3. The van der Waals surface area contributed by atoms with E-state index in [1.165, 1.54) is 6.07 Å². The number of halogens is 2. The van der Waals surface area contributed by atoms with Gasteiger partial charge in [0.15, 0.2) is 11.6 Å². The van der Waals surface area contributed by atoms with Crippen LogP contribution in [0.1, 0.15) is 36.0 Å². The Hall–Kier alpha value is -1.56. The maximum Gasteiger partial charge on any atom is 0.254 e. The van der Waals surface area contributed by atoms with Gasteiger partial charge in [0, 0.05) is 11.6 Å². The summed E-state index contributed by atoms with van der Waals surface area (Å²) in [5.74, 6) is -2.36. The van der Waals surface area contributed by atoms with Gasteiger partial charge in [-0.15, -0.1) is 0 Å². The molecule has 0 saturated heterocycles. The van der Waals surface area contributed by atoms with Crippen molar-refractivity contribution in [1.29, 1.82) is 0 Å². The highest BCUT2D eigenvalue weighted by Gasteiger charge is 2.28. The van der Waals surface area contributed by atoms with Gasteiger partial charge in [0.2, 0.25) is 0 Å². The van der Waals surface area contributed by atoms with Gasteiger partial charge >= 0.3 is 0 Å². The molecule has 1 aromatic carbocycles. The highest BCUT2D eigenvalue weighted by Crippen LogP contribution is 2.25. The van der Waals surface area contributed by atoms with Crippen LogP contribution >= 0.6 is 12.2 Å². The second-order valence-electron chi connectivity index (χ2n) is 4.97. The zero-order chi connectivity index (χ0) is 14.7. The van der Waals surface area contributed by atoms with E-state index < -0.39 is 11.6 Å². The first-order valence-electron chi connectivity index (χ1n) is 6.53. The fraction of sp³-hybridized carbons (Fsp3) is 0.429. The van der Waals surface area contributed by atoms with Crippen molar-refractivity contribution < 1.29 is 13.6 Å². The summed E-state index contributed by atoms with van der Waals surface area (Å²) in [6, 6.07) is 3.22. The van der Waals surface area contributed by atoms with Crippen molar-refractivity contribution in [2.24, 2.45) is 5.73 Å². The quantitative estimate of drug-likeness (QED) is 0.869. The molecule has 1 saturated carbocycles. The standard InChI is InChI=1S/C14H16F2N2OS/c15-11-6-5-9(7-12(11)16)14(19)18(8-13(17)20)10-3-1-2-4-10/h5-7,10H,1-4,8H2,(H2,17,20). The van der Waals surface area contributed by atoms with E-state index in [0.717, 1.165) is 37.8 Å². The summed E-state index contributed by atoms with van der Waals surface area (Å²) in [4.78, 5) is 14.2. The first kappa shape index (κ1) is 14.8. The summed E-state index contributed by atoms with van der Waals surface area (Å²) in [6.07, 6.45) is 3.86. The number of nitrogens with zero attached hydrogens (tertiary/aromatic N) is 1. The number of carbonyl (C=O) groups excluding carboxylic acids is 1. The number of amides is 1. The van der Waals surface area contributed by atoms with E-state index in [9.17, 15) is 13.6 Å². The van der Waals surface area contributed by atoms with E-state index in [1.54, 1.807) is 4.90 Å². The van der Waals surface area contributed by atoms with Crippen molar-refractivity contribution in [2.75, 3.05) is 6.54 Å². The van der Waals surface area contributed by atoms with Crippen LogP contribution in [-0.2, 0) is 0 Å². The maximum absolute atomic E-state index is 13.2. The van der Waals surface area contributed by atoms with Crippen molar-refractivity contribution in [3.05, 3.63) is 35.4 Å². The molecule has 0 spiro atoms. The molecule has 0 unspecified atom stereocenters. The zero-order valence-corrected chi connectivity index (χ0v) is 11.8. The fourth-order valence-corrected chi connectivity index (χ4v) is 2.68. The highest BCUT2D eigenvalue weighted by molar-refractivity contribution is 7.80. The van der Waals surface area contributed by atoms with E-state index in [-0.39, 0.29) is 29.0 Å². The second-order valence-corrected chi connectivity index (χ2v) is 5.49. The van der Waals surface area contributed by atoms with Gasteiger partial charge in [0.05, 0.1) is 11.5 Å². The first-order valence-corrected chi connectivity index (χ1v) is 6.94. The number of rotatable bonds is 4. The third-order valence-electron chi connectivity index (χ3n) is 3.52. The SMILES string of the molecule is NC(=S)CN(C(=O)c1ccc(F)c(F)c1)C1CCCC1. The van der Waals surface area contributed by atoms with Gasteiger partial charge in [-0.3, -0.25) is 4.79 Å². The molecule has 1 aromatic rings. The Morgan fingerprint density at radius 3 is 2.50 bits per heavy atom. The Kier molecular flexibility index (Phi) is 4.65. The summed E-state index contributed by atoms with van der Waals surface area (Å²) < 4.78 is 26.2. The van der Waals surface area contributed by atoms with Crippen LogP contribution in [0.15, 0.2) is 18.2 Å². The third kappa shape index (κ3) is 3.30. The molecule has 0 aliphatic heterocycles. The van der Waals surface area contributed by atoms with Crippen LogP contribution in [0.5, 0.6) is 0 Å². The van der Waals surface area contributed by atoms with E-state index in [1.807, 2.05) is 0 Å². The van der Waals surface area contributed by atoms with Crippen LogP contribution in [-0.4, -0.2) is 28.4 Å². The number of thiocarbonyl (C=S) groups is 1. The average molecular weight is 298 g/mol. The number of carbonyl (C=O) groups is 1. The fourth-order valence-electron chi connectivity index (χ4n) is 2.55. The Labute approximate surface area is 121 Å². The molecule has 0 heterocycles. The van der Waals surface area contributed by atoms with Crippen molar-refractivity contribution in [3.63, 3.8) is 0 Å². The molecule has 3 nitrogen and oxygen atoms in total. The molecular weight excluding hydrogens is 282 g/mol. The molecule has 20 heavy (non-hydrogen) atoms. The van der Waals surface area contributed by atoms with Gasteiger partial charge in [-0.1, -0.05) is 25.1 Å². The molecule has 108 valence electrons. The van der Waals surface area contributed by atoms with Gasteiger partial charge in [0.1, 0.15) is 0 Å². The van der Waals surface area contributed by atoms with Crippen LogP contribution in [0.4, 0.5) is 8.78 Å². The molecule has 0 atom stereocenters. The van der Waals surface area contributed by atoms with Crippen LogP contribution in [0.3, 0.4) is 0 Å². The Balaban J connectivity index is 2.24. The van der Waals surface area contributed by atoms with Crippen molar-refractivity contribution in [3.8, 4) is 0 Å². The molecule has 0 aromatic heterocycles.